The van der Waals surface area contributed by atoms with Gasteiger partial charge in [0.15, 0.2) is 44.0 Å². The van der Waals surface area contributed by atoms with Crippen LogP contribution in [0.3, 0.4) is 0 Å². The average Bonchev–Trinajstić information content (AvgIpc) is 1.20. The Morgan fingerprint density at radius 2 is 1.21 bits per heavy atom. The molecule has 0 saturated carbocycles. The highest BCUT2D eigenvalue weighted by Crippen LogP contribution is 2.40. The molecule has 12 amide bonds. The fourth-order valence-electron chi connectivity index (χ4n) is 11.0. The number of halogens is 10. The van der Waals surface area contributed by atoms with Crippen molar-refractivity contribution in [3.63, 3.8) is 0 Å². The number of rotatable bonds is 25. The Morgan fingerprint density at radius 3 is 1.79 bits per heavy atom. The molecule has 4 aromatic heterocycles. The van der Waals surface area contributed by atoms with Crippen molar-refractivity contribution in [3.05, 3.63) is 174 Å². The van der Waals surface area contributed by atoms with Crippen LogP contribution in [0.1, 0.15) is 138 Å². The standard InChI is InChI=1S/C24H35Cl2N5O2.C16H13ClN6O.C15H17F3N4O5S.C13H17N5O3S.C11H9ClF3N5O/c1-7-23(3,4)16-10-11-18(17(14-16)24(5,6)8-2)33-13-9-12-27-22(32)31-30-21-19(25)20(26)28-15-29-21;1-9-3-10(2)5-12(4-9)20-16(24)23-22-15-13(17)6-11(7-18)14(8-19)21-15;1-7-4-11(28(3,26)27)10(6-9(7)15(16,17)18)19-20-14(25)21-22-12(23)5-8(2)13(22)24;1-3-8-22(20,21)13-15-10-7-5-4-6-9(10)11(16-13)17-18-12(19)14-2;1-16-10(21)20-19-8-6-4-5(12)2-3-7(6)17-9(18-8)11(13,14)15/h10-11,14-15H,7-9,12-13H2,1-6H3,(H2,27,31,32)(H,28,29,30);3-6H,1-2H3,(H,21,22)(H2,20,23,24);4,6,8,19H,5H2,1-3H3,(H2,20,21,25);4-7H,3,8H2,1-2H3,(H2,14,18,19)(H,15,16,17);2-4H,1H3,(H2,16,20,21)(H,17,18,19). The largest absolute Gasteiger partial charge is 0.493 e. The van der Waals surface area contributed by atoms with Gasteiger partial charge in [0, 0.05) is 66.3 Å². The molecule has 1 aliphatic rings. The van der Waals surface area contributed by atoms with E-state index in [2.05, 4.69) is 165 Å². The zero-order chi connectivity index (χ0) is 95.6. The highest BCUT2D eigenvalue weighted by molar-refractivity contribution is 7.91. The van der Waals surface area contributed by atoms with Crippen LogP contribution in [-0.4, -0.2) is 138 Å². The van der Waals surface area contributed by atoms with Crippen LogP contribution in [0.25, 0.3) is 21.8 Å². The van der Waals surface area contributed by atoms with Gasteiger partial charge in [-0.25, -0.2) is 81.6 Å². The minimum Gasteiger partial charge on any atom is -0.493 e. The number of hydrogen-bond donors (Lipinski definition) is 15. The van der Waals surface area contributed by atoms with Gasteiger partial charge in [-0.1, -0.05) is 132 Å². The first-order valence-corrected chi connectivity index (χ1v) is 43.3. The Morgan fingerprint density at radius 1 is 0.617 bits per heavy atom. The summed E-state index contributed by atoms with van der Waals surface area (Å²) in [7, 11) is -4.67. The maximum absolute atomic E-state index is 13.1. The lowest BCUT2D eigenvalue weighted by Crippen LogP contribution is -2.51. The number of imide groups is 1. The summed E-state index contributed by atoms with van der Waals surface area (Å²) in [6.07, 6.45) is -4.31. The van der Waals surface area contributed by atoms with Gasteiger partial charge in [-0.15, -0.1) is 0 Å². The van der Waals surface area contributed by atoms with Gasteiger partial charge in [-0.2, -0.15) is 46.9 Å². The Kier molecular flexibility index (Phi) is 37.2. The van der Waals surface area contributed by atoms with Crippen molar-refractivity contribution in [2.45, 2.75) is 141 Å². The second-order valence-corrected chi connectivity index (χ2v) is 34.5. The number of urea groups is 5. The van der Waals surface area contributed by atoms with Crippen molar-refractivity contribution in [2.75, 3.05) is 71.7 Å². The molecule has 9 aromatic rings. The van der Waals surface area contributed by atoms with Crippen molar-refractivity contribution in [3.8, 4) is 17.9 Å². The van der Waals surface area contributed by atoms with Crippen LogP contribution in [0.15, 0.2) is 113 Å². The van der Waals surface area contributed by atoms with Crippen molar-refractivity contribution in [1.29, 1.82) is 10.5 Å². The number of nitrogens with zero attached hydrogens (tertiary/aromatic N) is 10. The quantitative estimate of drug-likeness (QED) is 0.00631. The Bertz CT molecular complexity index is 5900. The number of nitrogens with one attached hydrogen (secondary N) is 15. The lowest BCUT2D eigenvalue weighted by Gasteiger charge is -2.30. The number of anilines is 6. The molecule has 128 heavy (non-hydrogen) atoms. The molecule has 5 heterocycles. The van der Waals surface area contributed by atoms with Crippen LogP contribution >= 0.6 is 46.4 Å². The lowest BCUT2D eigenvalue weighted by molar-refractivity contribution is -0.145. The number of benzene rings is 5. The average molecular weight is 1900 g/mol. The molecule has 1 aliphatic heterocycles. The van der Waals surface area contributed by atoms with Gasteiger partial charge in [-0.05, 0) is 146 Å². The number of amides is 12. The van der Waals surface area contributed by atoms with E-state index in [1.54, 1.807) is 37.3 Å². The number of pyridine rings is 1. The van der Waals surface area contributed by atoms with Crippen LogP contribution < -0.4 is 85.7 Å². The lowest BCUT2D eigenvalue weighted by atomic mass is 9.76. The molecule has 0 bridgehead atoms. The molecule has 5 aromatic carbocycles. The number of carbonyl (C=O) groups is 7. The minimum atomic E-state index is -4.75. The van der Waals surface area contributed by atoms with Crippen molar-refractivity contribution in [2.24, 2.45) is 5.92 Å². The smallest absolute Gasteiger partial charge is 0.451 e. The number of fused-ring (bicyclic) bond motifs is 2. The van der Waals surface area contributed by atoms with Gasteiger partial charge >= 0.3 is 42.5 Å². The predicted octanol–water partition coefficient (Wildman–Crippen LogP) is 14.5. The van der Waals surface area contributed by atoms with Gasteiger partial charge < -0.3 is 26.0 Å². The molecular formula is C79H91Cl4F6N25O12S2. The topological polar surface area (TPSA) is 518 Å². The highest BCUT2D eigenvalue weighted by atomic mass is 35.5. The van der Waals surface area contributed by atoms with Crippen molar-refractivity contribution in [1.82, 2.24) is 88.4 Å². The third-order valence-corrected chi connectivity index (χ3v) is 22.4. The van der Waals surface area contributed by atoms with E-state index in [1.807, 2.05) is 49.0 Å². The van der Waals surface area contributed by atoms with Gasteiger partial charge in [0.1, 0.15) is 29.2 Å². The number of hydrazine groups is 6. The number of nitriles is 2. The second-order valence-electron chi connectivity index (χ2n) is 28.9. The van der Waals surface area contributed by atoms with E-state index in [0.29, 0.717) is 58.7 Å². The number of sulfone groups is 2. The monoisotopic (exact) mass is 1900 g/mol. The third-order valence-electron chi connectivity index (χ3n) is 18.4. The summed E-state index contributed by atoms with van der Waals surface area (Å²) >= 11 is 23.6. The van der Waals surface area contributed by atoms with E-state index in [0.717, 1.165) is 49.0 Å². The number of aryl methyl sites for hydroxylation is 3. The number of alkyl halides is 6. The Labute approximate surface area is 751 Å². The van der Waals surface area contributed by atoms with Crippen LogP contribution in [0.5, 0.6) is 5.75 Å². The summed E-state index contributed by atoms with van der Waals surface area (Å²) in [5.74, 6) is -2.07. The van der Waals surface area contributed by atoms with Crippen molar-refractivity contribution < 1.29 is 81.5 Å². The molecule has 10 rings (SSSR count). The zero-order valence-corrected chi connectivity index (χ0v) is 75.7. The van der Waals surface area contributed by atoms with E-state index in [4.69, 9.17) is 61.7 Å². The molecule has 0 radical (unpaired) electrons. The molecule has 1 atom stereocenters. The normalized spacial score (nSPS) is 12.5. The van der Waals surface area contributed by atoms with Crippen LogP contribution in [0.4, 0.5) is 85.0 Å². The van der Waals surface area contributed by atoms with E-state index in [9.17, 15) is 76.7 Å². The summed E-state index contributed by atoms with van der Waals surface area (Å²) in [6.45, 7) is 22.6. The number of para-hydroxylation sites is 1. The van der Waals surface area contributed by atoms with Crippen LogP contribution in [-0.2, 0) is 52.4 Å². The molecule has 1 unspecified atom stereocenters. The zero-order valence-electron chi connectivity index (χ0n) is 71.0. The van der Waals surface area contributed by atoms with E-state index < -0.39 is 102 Å². The molecule has 1 fully saturated rings. The number of hydrogen-bond acceptors (Lipinski definition) is 26. The maximum atomic E-state index is 13.1. The van der Waals surface area contributed by atoms with Crippen molar-refractivity contribution >= 4 is 165 Å². The fourth-order valence-corrected chi connectivity index (χ4v) is 13.7. The molecular weight excluding hydrogens is 1810 g/mol. The molecule has 686 valence electrons. The van der Waals surface area contributed by atoms with E-state index in [-0.39, 0.29) is 94.4 Å². The van der Waals surface area contributed by atoms with Gasteiger partial charge in [0.05, 0.1) is 50.1 Å². The first-order valence-electron chi connectivity index (χ1n) is 38.2. The molecule has 0 spiro atoms. The minimum absolute atomic E-state index is 0.00410. The first-order chi connectivity index (χ1) is 59.9. The van der Waals surface area contributed by atoms with Gasteiger partial charge in [0.2, 0.25) is 26.7 Å². The number of ether oxygens (including phenoxy) is 1. The molecule has 15 N–H and O–H groups in total. The summed E-state index contributed by atoms with van der Waals surface area (Å²) in [5.41, 5.74) is 29.3. The highest BCUT2D eigenvalue weighted by Gasteiger charge is 2.39. The molecule has 1 saturated heterocycles. The van der Waals surface area contributed by atoms with E-state index in [1.165, 1.54) is 62.7 Å². The predicted molar refractivity (Wildman–Crippen MR) is 470 cm³/mol. The summed E-state index contributed by atoms with van der Waals surface area (Å²) in [5, 5.41) is 29.6. The van der Waals surface area contributed by atoms with Crippen LogP contribution in [0.2, 0.25) is 20.2 Å². The maximum Gasteiger partial charge on any atom is 0.451 e. The Hall–Kier alpha value is -13.1. The molecule has 0 aliphatic carbocycles. The second kappa shape index (κ2) is 45.9. The summed E-state index contributed by atoms with van der Waals surface area (Å²) in [4.78, 5) is 108. The van der Waals surface area contributed by atoms with Gasteiger partial charge in [-0.3, -0.25) is 58.4 Å². The molecule has 49 heteroatoms. The Balaban J connectivity index is 0.000000249. The first kappa shape index (κ1) is 104. The third kappa shape index (κ3) is 30.1. The van der Waals surface area contributed by atoms with Gasteiger partial charge in [0.25, 0.3) is 5.91 Å². The summed E-state index contributed by atoms with van der Waals surface area (Å²) in [6, 6.07) is 26.4. The van der Waals surface area contributed by atoms with Crippen LogP contribution in [0, 0.1) is 49.4 Å². The number of aromatic nitrogens is 7. The fraction of sp³-hybridized carbons (Fsp3) is 0.342. The SMILES string of the molecule is CCC(C)(C)c1ccc(OCCCNC(=O)NNc2ncnc(Cl)c2Cl)c(C(C)(C)CC)c1.CCCS(=O)(=O)c1nc(NNC(=O)NC)c2ccccc2n1.CNC(=O)NNc1nc(C(F)(F)F)nc2ccc(Cl)cc12.Cc1cc(C)cc(NC(=O)NNc2nc(C#N)c(C#N)cc2Cl)c1.Cc1cc(S(C)(=O)=O)c(NNC(=O)NN2C(=O)CC(C)C2=O)cc1C(F)(F)F. The summed E-state index contributed by atoms with van der Waals surface area (Å²) < 4.78 is 132. The van der Waals surface area contributed by atoms with E-state index >= 15 is 0 Å². The molecule has 37 nitrogen and oxygen atoms in total. The number of carbonyl (C=O) groups excluding carboxylic acids is 7.